The number of benzene rings is 4. The molecule has 5 rings (SSSR count). The van der Waals surface area contributed by atoms with E-state index in [0.717, 1.165) is 41.4 Å². The van der Waals surface area contributed by atoms with Crippen LogP contribution in [0.1, 0.15) is 45.4 Å². The van der Waals surface area contributed by atoms with E-state index < -0.39 is 6.04 Å². The van der Waals surface area contributed by atoms with Crippen molar-refractivity contribution in [3.63, 3.8) is 0 Å². The summed E-state index contributed by atoms with van der Waals surface area (Å²) in [4.78, 5) is 12.7. The molecule has 4 N–H and O–H groups in total. The number of nitrogens with one attached hydrogen (secondary N) is 1. The topological polar surface area (TPSA) is 84.6 Å². The van der Waals surface area contributed by atoms with E-state index in [2.05, 4.69) is 23.5 Å². The number of piperidine rings is 1. The van der Waals surface area contributed by atoms with Crippen molar-refractivity contribution in [2.24, 2.45) is 5.73 Å². The van der Waals surface area contributed by atoms with Gasteiger partial charge in [-0.05, 0) is 47.2 Å². The van der Waals surface area contributed by atoms with Crippen LogP contribution in [0.4, 0.5) is 0 Å². The number of phenolic OH excluding ortho intramolecular Hbond substituents is 1. The molecule has 5 nitrogen and oxygen atoms in total. The van der Waals surface area contributed by atoms with Crippen LogP contribution in [0.25, 0.3) is 10.8 Å². The molecule has 35 heavy (non-hydrogen) atoms. The van der Waals surface area contributed by atoms with Gasteiger partial charge in [0.05, 0.1) is 18.8 Å². The van der Waals surface area contributed by atoms with Crippen LogP contribution in [0.2, 0.25) is 0 Å². The Morgan fingerprint density at radius 2 is 1.74 bits per heavy atom. The third-order valence-electron chi connectivity index (χ3n) is 6.85. The summed E-state index contributed by atoms with van der Waals surface area (Å²) >= 11 is 0. The third-order valence-corrected chi connectivity index (χ3v) is 6.85. The molecule has 178 valence electrons. The maximum atomic E-state index is 12.7. The Morgan fingerprint density at radius 1 is 1.00 bits per heavy atom. The second kappa shape index (κ2) is 10.4. The Balaban J connectivity index is 1.28. The van der Waals surface area contributed by atoms with E-state index in [0.29, 0.717) is 12.2 Å². The SMILES string of the molecule is NC(C(=O)c1ccccc1)c1ccc(C2CCNCC2OCc2cc(O)c3ccccc3c2)cc1. The standard InChI is InChI=1S/C30H30N2O3/c31-29(30(34)23-6-2-1-3-7-23)22-12-10-21(11-13-22)26-14-15-32-18-28(26)35-19-20-16-24-8-4-5-9-25(24)27(33)17-20/h1-13,16-17,26,28-29,32-33H,14-15,18-19,31H2. The number of ketones is 1. The van der Waals surface area contributed by atoms with Crippen LogP contribution in [0.15, 0.2) is 91.0 Å². The van der Waals surface area contributed by atoms with E-state index in [4.69, 9.17) is 10.5 Å². The molecule has 1 saturated heterocycles. The highest BCUT2D eigenvalue weighted by Crippen LogP contribution is 2.31. The number of hydrogen-bond acceptors (Lipinski definition) is 5. The van der Waals surface area contributed by atoms with Gasteiger partial charge in [-0.1, -0.05) is 78.9 Å². The highest BCUT2D eigenvalue weighted by Gasteiger charge is 2.28. The van der Waals surface area contributed by atoms with E-state index in [1.807, 2.05) is 54.6 Å². The first-order valence-electron chi connectivity index (χ1n) is 12.1. The summed E-state index contributed by atoms with van der Waals surface area (Å²) < 4.78 is 6.36. The molecule has 0 spiro atoms. The lowest BCUT2D eigenvalue weighted by Gasteiger charge is -2.32. The first-order chi connectivity index (χ1) is 17.1. The maximum absolute atomic E-state index is 12.7. The fraction of sp³-hybridized carbons (Fsp3) is 0.233. The lowest BCUT2D eigenvalue weighted by atomic mass is 9.86. The molecule has 0 saturated carbocycles. The van der Waals surface area contributed by atoms with Gasteiger partial charge < -0.3 is 20.9 Å². The molecule has 0 aromatic heterocycles. The smallest absolute Gasteiger partial charge is 0.184 e. The maximum Gasteiger partial charge on any atom is 0.184 e. The fourth-order valence-electron chi connectivity index (χ4n) is 4.91. The van der Waals surface area contributed by atoms with Crippen molar-refractivity contribution >= 4 is 16.6 Å². The number of Topliss-reactive ketones (excluding diaryl/α,β-unsaturated/α-hetero) is 1. The zero-order chi connectivity index (χ0) is 24.2. The number of hydrogen-bond donors (Lipinski definition) is 3. The second-order valence-electron chi connectivity index (χ2n) is 9.16. The van der Waals surface area contributed by atoms with Crippen LogP contribution in [0.3, 0.4) is 0 Å². The lowest BCUT2D eigenvalue weighted by Crippen LogP contribution is -2.41. The van der Waals surface area contributed by atoms with Gasteiger partial charge in [0.15, 0.2) is 5.78 Å². The number of rotatable bonds is 7. The lowest BCUT2D eigenvalue weighted by molar-refractivity contribution is 0.0106. The molecule has 0 radical (unpaired) electrons. The number of nitrogens with two attached hydrogens (primary N) is 1. The highest BCUT2D eigenvalue weighted by atomic mass is 16.5. The van der Waals surface area contributed by atoms with Crippen LogP contribution in [-0.2, 0) is 11.3 Å². The summed E-state index contributed by atoms with van der Waals surface area (Å²) in [7, 11) is 0. The molecular weight excluding hydrogens is 436 g/mol. The Morgan fingerprint density at radius 3 is 2.54 bits per heavy atom. The van der Waals surface area contributed by atoms with E-state index in [-0.39, 0.29) is 23.6 Å². The van der Waals surface area contributed by atoms with Crippen LogP contribution in [-0.4, -0.2) is 30.1 Å². The normalized spacial score (nSPS) is 18.9. The van der Waals surface area contributed by atoms with Gasteiger partial charge >= 0.3 is 0 Å². The largest absolute Gasteiger partial charge is 0.507 e. The Hall–Kier alpha value is -3.51. The van der Waals surface area contributed by atoms with Crippen molar-refractivity contribution in [3.05, 3.63) is 113 Å². The predicted molar refractivity (Wildman–Crippen MR) is 139 cm³/mol. The van der Waals surface area contributed by atoms with E-state index in [1.54, 1.807) is 18.2 Å². The van der Waals surface area contributed by atoms with Crippen LogP contribution in [0, 0.1) is 0 Å². The van der Waals surface area contributed by atoms with Gasteiger partial charge in [-0.15, -0.1) is 0 Å². The minimum Gasteiger partial charge on any atom is -0.507 e. The fourth-order valence-corrected chi connectivity index (χ4v) is 4.91. The van der Waals surface area contributed by atoms with E-state index >= 15 is 0 Å². The molecular formula is C30H30N2O3. The van der Waals surface area contributed by atoms with Crippen molar-refractivity contribution in [1.29, 1.82) is 0 Å². The molecule has 1 aliphatic heterocycles. The van der Waals surface area contributed by atoms with Crippen molar-refractivity contribution in [3.8, 4) is 5.75 Å². The molecule has 0 amide bonds. The zero-order valence-corrected chi connectivity index (χ0v) is 19.6. The number of carbonyl (C=O) groups excluding carboxylic acids is 1. The molecule has 5 heteroatoms. The summed E-state index contributed by atoms with van der Waals surface area (Å²) in [5.74, 6) is 0.428. The number of phenols is 1. The molecule has 0 bridgehead atoms. The average molecular weight is 467 g/mol. The van der Waals surface area contributed by atoms with Gasteiger partial charge in [0.25, 0.3) is 0 Å². The van der Waals surface area contributed by atoms with Gasteiger partial charge in [-0.3, -0.25) is 4.79 Å². The number of fused-ring (bicyclic) bond motifs is 1. The van der Waals surface area contributed by atoms with Gasteiger partial charge in [-0.25, -0.2) is 0 Å². The van der Waals surface area contributed by atoms with E-state index in [1.165, 1.54) is 5.56 Å². The summed E-state index contributed by atoms with van der Waals surface area (Å²) in [6.45, 7) is 2.11. The number of ether oxygens (including phenoxy) is 1. The summed E-state index contributed by atoms with van der Waals surface area (Å²) in [5, 5.41) is 15.7. The minimum atomic E-state index is -0.688. The van der Waals surface area contributed by atoms with Gasteiger partial charge in [-0.2, -0.15) is 0 Å². The van der Waals surface area contributed by atoms with Crippen molar-refractivity contribution in [2.45, 2.75) is 31.1 Å². The third kappa shape index (κ3) is 5.13. The van der Waals surface area contributed by atoms with Crippen LogP contribution in [0.5, 0.6) is 5.75 Å². The summed E-state index contributed by atoms with van der Waals surface area (Å²) in [5.41, 5.74) is 9.84. The molecule has 3 unspecified atom stereocenters. The molecule has 3 atom stereocenters. The first kappa shape index (κ1) is 23.2. The molecule has 4 aromatic rings. The molecule has 1 heterocycles. The zero-order valence-electron chi connectivity index (χ0n) is 19.6. The van der Waals surface area contributed by atoms with Crippen molar-refractivity contribution in [2.75, 3.05) is 13.1 Å². The summed E-state index contributed by atoms with van der Waals surface area (Å²) in [6.07, 6.45) is 0.963. The van der Waals surface area contributed by atoms with Crippen LogP contribution < -0.4 is 11.1 Å². The Labute approximate surface area is 205 Å². The van der Waals surface area contributed by atoms with E-state index in [9.17, 15) is 9.90 Å². The first-order valence-corrected chi connectivity index (χ1v) is 12.1. The van der Waals surface area contributed by atoms with Crippen molar-refractivity contribution in [1.82, 2.24) is 5.32 Å². The summed E-state index contributed by atoms with van der Waals surface area (Å²) in [6, 6.07) is 28.2. The molecule has 1 aliphatic rings. The van der Waals surface area contributed by atoms with Gasteiger partial charge in [0.1, 0.15) is 5.75 Å². The highest BCUT2D eigenvalue weighted by molar-refractivity contribution is 6.00. The monoisotopic (exact) mass is 466 g/mol. The Kier molecular flexibility index (Phi) is 6.91. The number of carbonyl (C=O) groups is 1. The molecule has 0 aliphatic carbocycles. The second-order valence-corrected chi connectivity index (χ2v) is 9.16. The predicted octanol–water partition coefficient (Wildman–Crippen LogP) is 5.09. The quantitative estimate of drug-likeness (QED) is 0.330. The average Bonchev–Trinajstić information content (AvgIpc) is 2.92. The van der Waals surface area contributed by atoms with Gasteiger partial charge in [0, 0.05) is 23.4 Å². The Bertz CT molecular complexity index is 1300. The van der Waals surface area contributed by atoms with Crippen molar-refractivity contribution < 1.29 is 14.6 Å². The molecule has 1 fully saturated rings. The number of aromatic hydroxyl groups is 1. The van der Waals surface area contributed by atoms with Gasteiger partial charge in [0.2, 0.25) is 0 Å². The minimum absolute atomic E-state index is 0.00263. The molecule has 4 aromatic carbocycles. The van der Waals surface area contributed by atoms with Crippen LogP contribution >= 0.6 is 0 Å².